The standard InChI is InChI=1S/C23H32N4O2/c1-17-8-9-19(22(12-17)29-4)15-26-23(24-2)25-14-18-10-11-27(16-18)20-6-5-7-21(13-20)28-3/h5-9,12-13,18H,10-11,14-16H2,1-4H3,(H2,24,25,26). The number of hydrogen-bond acceptors (Lipinski definition) is 4. The van der Waals surface area contributed by atoms with Gasteiger partial charge in [0, 0.05) is 50.5 Å². The number of nitrogens with one attached hydrogen (secondary N) is 2. The van der Waals surface area contributed by atoms with E-state index < -0.39 is 0 Å². The minimum absolute atomic E-state index is 0.577. The van der Waals surface area contributed by atoms with Crippen LogP contribution in [0.3, 0.4) is 0 Å². The van der Waals surface area contributed by atoms with Gasteiger partial charge < -0.3 is 25.0 Å². The zero-order valence-electron chi connectivity index (χ0n) is 17.9. The number of nitrogens with zero attached hydrogens (tertiary/aromatic N) is 2. The quantitative estimate of drug-likeness (QED) is 0.556. The molecule has 156 valence electrons. The largest absolute Gasteiger partial charge is 0.497 e. The van der Waals surface area contributed by atoms with Gasteiger partial charge in [0.25, 0.3) is 0 Å². The summed E-state index contributed by atoms with van der Waals surface area (Å²) in [5.74, 6) is 3.19. The Morgan fingerprint density at radius 3 is 2.76 bits per heavy atom. The first-order valence-corrected chi connectivity index (χ1v) is 10.1. The van der Waals surface area contributed by atoms with Crippen molar-refractivity contribution in [3.63, 3.8) is 0 Å². The molecule has 29 heavy (non-hydrogen) atoms. The highest BCUT2D eigenvalue weighted by Crippen LogP contribution is 2.26. The molecule has 1 atom stereocenters. The fourth-order valence-corrected chi connectivity index (χ4v) is 3.68. The fourth-order valence-electron chi connectivity index (χ4n) is 3.68. The van der Waals surface area contributed by atoms with Crippen molar-refractivity contribution in [3.8, 4) is 11.5 Å². The van der Waals surface area contributed by atoms with Gasteiger partial charge in [-0.25, -0.2) is 0 Å². The third kappa shape index (κ3) is 5.56. The van der Waals surface area contributed by atoms with Gasteiger partial charge in [-0.3, -0.25) is 4.99 Å². The number of hydrogen-bond donors (Lipinski definition) is 2. The van der Waals surface area contributed by atoms with Crippen molar-refractivity contribution in [3.05, 3.63) is 53.6 Å². The molecule has 2 aromatic carbocycles. The highest BCUT2D eigenvalue weighted by Gasteiger charge is 2.23. The van der Waals surface area contributed by atoms with Gasteiger partial charge in [0.1, 0.15) is 11.5 Å². The number of aliphatic imine (C=N–C) groups is 1. The van der Waals surface area contributed by atoms with Crippen LogP contribution in [0.1, 0.15) is 17.5 Å². The van der Waals surface area contributed by atoms with E-state index in [0.717, 1.165) is 49.1 Å². The predicted octanol–water partition coefficient (Wildman–Crippen LogP) is 3.20. The number of anilines is 1. The van der Waals surface area contributed by atoms with Crippen molar-refractivity contribution in [2.24, 2.45) is 10.9 Å². The summed E-state index contributed by atoms with van der Waals surface area (Å²) in [7, 11) is 5.22. The van der Waals surface area contributed by atoms with Crippen molar-refractivity contribution < 1.29 is 9.47 Å². The molecule has 0 aliphatic carbocycles. The van der Waals surface area contributed by atoms with Crippen molar-refractivity contribution in [2.45, 2.75) is 19.9 Å². The van der Waals surface area contributed by atoms with Crippen LogP contribution in [0.2, 0.25) is 0 Å². The first-order chi connectivity index (χ1) is 14.1. The molecule has 0 aromatic heterocycles. The molecular formula is C23H32N4O2. The summed E-state index contributed by atoms with van der Waals surface area (Å²) in [4.78, 5) is 6.78. The lowest BCUT2D eigenvalue weighted by molar-refractivity contribution is 0.408. The van der Waals surface area contributed by atoms with E-state index >= 15 is 0 Å². The van der Waals surface area contributed by atoms with E-state index in [1.807, 2.05) is 12.1 Å². The van der Waals surface area contributed by atoms with Crippen LogP contribution in [0.15, 0.2) is 47.5 Å². The van der Waals surface area contributed by atoms with Crippen LogP contribution >= 0.6 is 0 Å². The second kappa shape index (κ2) is 10.0. The summed E-state index contributed by atoms with van der Waals surface area (Å²) in [5, 5.41) is 6.86. The fraction of sp³-hybridized carbons (Fsp3) is 0.435. The SMILES string of the molecule is CN=C(NCc1ccc(C)cc1OC)NCC1CCN(c2cccc(OC)c2)C1. The highest BCUT2D eigenvalue weighted by atomic mass is 16.5. The normalized spacial score (nSPS) is 16.6. The Bertz CT molecular complexity index is 837. The average Bonchev–Trinajstić information content (AvgIpc) is 3.23. The van der Waals surface area contributed by atoms with E-state index in [2.05, 4.69) is 57.8 Å². The molecule has 2 aromatic rings. The maximum absolute atomic E-state index is 5.49. The molecule has 1 saturated heterocycles. The molecule has 6 heteroatoms. The van der Waals surface area contributed by atoms with Crippen LogP contribution in [0.5, 0.6) is 11.5 Å². The number of guanidine groups is 1. The van der Waals surface area contributed by atoms with Gasteiger partial charge in [0.05, 0.1) is 14.2 Å². The maximum Gasteiger partial charge on any atom is 0.191 e. The van der Waals surface area contributed by atoms with Crippen molar-refractivity contribution in [1.29, 1.82) is 0 Å². The van der Waals surface area contributed by atoms with Crippen LogP contribution in [-0.4, -0.2) is 46.9 Å². The lowest BCUT2D eigenvalue weighted by Crippen LogP contribution is -2.40. The van der Waals surface area contributed by atoms with Crippen LogP contribution < -0.4 is 25.0 Å². The number of rotatable bonds is 7. The Labute approximate surface area is 173 Å². The van der Waals surface area contributed by atoms with Crippen LogP contribution in [-0.2, 0) is 6.54 Å². The van der Waals surface area contributed by atoms with Crippen molar-refractivity contribution in [2.75, 3.05) is 45.8 Å². The molecule has 1 fully saturated rings. The van der Waals surface area contributed by atoms with Crippen molar-refractivity contribution in [1.82, 2.24) is 10.6 Å². The van der Waals surface area contributed by atoms with Gasteiger partial charge in [-0.05, 0) is 43.0 Å². The number of benzene rings is 2. The molecule has 0 radical (unpaired) electrons. The number of ether oxygens (including phenoxy) is 2. The van der Waals surface area contributed by atoms with Gasteiger partial charge in [0.2, 0.25) is 0 Å². The molecule has 0 bridgehead atoms. The van der Waals surface area contributed by atoms with Crippen LogP contribution in [0.4, 0.5) is 5.69 Å². The first kappa shape index (κ1) is 20.8. The highest BCUT2D eigenvalue weighted by molar-refractivity contribution is 5.79. The van der Waals surface area contributed by atoms with E-state index in [4.69, 9.17) is 9.47 Å². The molecule has 3 rings (SSSR count). The maximum atomic E-state index is 5.49. The van der Waals surface area contributed by atoms with Gasteiger partial charge in [0.15, 0.2) is 5.96 Å². The minimum atomic E-state index is 0.577. The second-order valence-electron chi connectivity index (χ2n) is 7.42. The summed E-state index contributed by atoms with van der Waals surface area (Å²) in [6.07, 6.45) is 1.16. The Kier molecular flexibility index (Phi) is 7.22. The lowest BCUT2D eigenvalue weighted by atomic mass is 10.1. The summed E-state index contributed by atoms with van der Waals surface area (Å²) in [5.41, 5.74) is 3.53. The Morgan fingerprint density at radius 1 is 1.14 bits per heavy atom. The van der Waals surface area contributed by atoms with Gasteiger partial charge in [-0.15, -0.1) is 0 Å². The topological polar surface area (TPSA) is 58.1 Å². The van der Waals surface area contributed by atoms with E-state index in [9.17, 15) is 0 Å². The Balaban J connectivity index is 1.49. The van der Waals surface area contributed by atoms with Gasteiger partial charge >= 0.3 is 0 Å². The second-order valence-corrected chi connectivity index (χ2v) is 7.42. The van der Waals surface area contributed by atoms with Gasteiger partial charge in [-0.2, -0.15) is 0 Å². The lowest BCUT2D eigenvalue weighted by Gasteiger charge is -2.20. The molecule has 1 aliphatic heterocycles. The molecule has 6 nitrogen and oxygen atoms in total. The zero-order valence-corrected chi connectivity index (χ0v) is 17.9. The third-order valence-electron chi connectivity index (χ3n) is 5.37. The van der Waals surface area contributed by atoms with Gasteiger partial charge in [-0.1, -0.05) is 18.2 Å². The van der Waals surface area contributed by atoms with E-state index in [1.165, 1.54) is 11.3 Å². The van der Waals surface area contributed by atoms with E-state index in [-0.39, 0.29) is 0 Å². The molecule has 1 aliphatic rings. The first-order valence-electron chi connectivity index (χ1n) is 10.1. The Morgan fingerprint density at radius 2 is 2.00 bits per heavy atom. The molecular weight excluding hydrogens is 364 g/mol. The molecule has 1 heterocycles. The minimum Gasteiger partial charge on any atom is -0.497 e. The third-order valence-corrected chi connectivity index (χ3v) is 5.37. The average molecular weight is 397 g/mol. The van der Waals surface area contributed by atoms with Crippen LogP contribution in [0, 0.1) is 12.8 Å². The smallest absolute Gasteiger partial charge is 0.191 e. The zero-order chi connectivity index (χ0) is 20.6. The molecule has 0 amide bonds. The summed E-state index contributed by atoms with van der Waals surface area (Å²) in [6.45, 7) is 5.72. The predicted molar refractivity (Wildman–Crippen MR) is 119 cm³/mol. The molecule has 2 N–H and O–H groups in total. The van der Waals surface area contributed by atoms with E-state index in [0.29, 0.717) is 12.5 Å². The monoisotopic (exact) mass is 396 g/mol. The van der Waals surface area contributed by atoms with Crippen LogP contribution in [0.25, 0.3) is 0 Å². The number of methoxy groups -OCH3 is 2. The summed E-state index contributed by atoms with van der Waals surface area (Å²) in [6, 6.07) is 14.5. The van der Waals surface area contributed by atoms with Crippen molar-refractivity contribution >= 4 is 11.6 Å². The Hall–Kier alpha value is -2.89. The number of aryl methyl sites for hydroxylation is 1. The molecule has 0 saturated carbocycles. The summed E-state index contributed by atoms with van der Waals surface area (Å²) < 4.78 is 10.8. The molecule has 0 spiro atoms. The molecule has 1 unspecified atom stereocenters. The van der Waals surface area contributed by atoms with E-state index in [1.54, 1.807) is 21.3 Å². The summed E-state index contributed by atoms with van der Waals surface area (Å²) >= 11 is 0.